The minimum Gasteiger partial charge on any atom is -0.494 e. The maximum Gasteiger partial charge on any atom is 0.200 e. The van der Waals surface area contributed by atoms with E-state index in [0.717, 1.165) is 6.42 Å². The molecule has 0 fully saturated rings. The molecule has 3 rings (SSSR count). The van der Waals surface area contributed by atoms with Crippen LogP contribution in [0.5, 0.6) is 11.8 Å². The van der Waals surface area contributed by atoms with E-state index in [1.54, 1.807) is 0 Å². The molecule has 5 nitrogen and oxygen atoms in total. The summed E-state index contributed by atoms with van der Waals surface area (Å²) in [5, 5.41) is 20.1. The summed E-state index contributed by atoms with van der Waals surface area (Å²) in [6.45, 7) is 1.06. The van der Waals surface area contributed by atoms with E-state index in [9.17, 15) is 10.2 Å². The molecule has 2 bridgehead atoms. The molecule has 0 saturated carbocycles. The number of aromatic hydroxyl groups is 2. The topological polar surface area (TPSA) is 80.6 Å². The third kappa shape index (κ3) is 1.07. The zero-order chi connectivity index (χ0) is 11.3. The fraction of sp³-hybridized carbons (Fsp3) is 0.455. The molecule has 3 heterocycles. The molecule has 2 atom stereocenters. The number of rotatable bonds is 3. The van der Waals surface area contributed by atoms with Crippen LogP contribution < -0.4 is 5.73 Å². The highest BCUT2D eigenvalue weighted by atomic mass is 16.5. The molecule has 1 aromatic rings. The predicted molar refractivity (Wildman–Crippen MR) is 57.1 cm³/mol. The van der Waals surface area contributed by atoms with Crippen molar-refractivity contribution < 1.29 is 14.9 Å². The van der Waals surface area contributed by atoms with Crippen LogP contribution in [0.2, 0.25) is 0 Å². The van der Waals surface area contributed by atoms with Crippen LogP contribution in [0.1, 0.15) is 29.8 Å². The molecule has 1 aromatic heterocycles. The Hall–Kier alpha value is -1.46. The Labute approximate surface area is 92.7 Å². The van der Waals surface area contributed by atoms with E-state index < -0.39 is 0 Å². The summed E-state index contributed by atoms with van der Waals surface area (Å²) >= 11 is 0. The van der Waals surface area contributed by atoms with Gasteiger partial charge in [-0.2, -0.15) is 0 Å². The summed E-state index contributed by atoms with van der Waals surface area (Å²) in [6.07, 6.45) is 4.12. The van der Waals surface area contributed by atoms with Gasteiger partial charge in [-0.15, -0.1) is 0 Å². The SMILES string of the molecule is NCCCn1c(O)c2c(c1O)C1C=CC2O1. The minimum absolute atomic E-state index is 0.109. The summed E-state index contributed by atoms with van der Waals surface area (Å²) in [6, 6.07) is 0. The summed E-state index contributed by atoms with van der Waals surface area (Å²) in [5.41, 5.74) is 6.84. The molecule has 4 N–H and O–H groups in total. The molecule has 2 unspecified atom stereocenters. The van der Waals surface area contributed by atoms with E-state index in [2.05, 4.69) is 0 Å². The fourth-order valence-electron chi connectivity index (χ4n) is 2.43. The predicted octanol–water partition coefficient (Wildman–Crippen LogP) is 0.930. The molecule has 2 aliphatic heterocycles. The van der Waals surface area contributed by atoms with E-state index in [4.69, 9.17) is 10.5 Å². The van der Waals surface area contributed by atoms with E-state index in [1.807, 2.05) is 12.2 Å². The van der Waals surface area contributed by atoms with E-state index in [-0.39, 0.29) is 24.0 Å². The molecule has 0 radical (unpaired) electrons. The van der Waals surface area contributed by atoms with Crippen LogP contribution in [0.4, 0.5) is 0 Å². The first-order chi connectivity index (χ1) is 7.74. The van der Waals surface area contributed by atoms with Crippen LogP contribution >= 0.6 is 0 Å². The van der Waals surface area contributed by atoms with Crippen molar-refractivity contribution in [2.45, 2.75) is 25.2 Å². The summed E-state index contributed by atoms with van der Waals surface area (Å²) in [7, 11) is 0. The van der Waals surface area contributed by atoms with Crippen molar-refractivity contribution in [2.75, 3.05) is 6.54 Å². The molecule has 0 amide bonds. The van der Waals surface area contributed by atoms with Gasteiger partial charge < -0.3 is 20.7 Å². The molecule has 0 spiro atoms. The molecule has 0 saturated heterocycles. The zero-order valence-electron chi connectivity index (χ0n) is 8.76. The molecular formula is C11H14N2O3. The highest BCUT2D eigenvalue weighted by Crippen LogP contribution is 2.54. The van der Waals surface area contributed by atoms with Crippen molar-refractivity contribution in [1.82, 2.24) is 4.57 Å². The molecular weight excluding hydrogens is 208 g/mol. The Balaban J connectivity index is 2.04. The number of ether oxygens (including phenoxy) is 1. The Kier molecular flexibility index (Phi) is 1.99. The second-order valence-electron chi connectivity index (χ2n) is 4.13. The number of aromatic nitrogens is 1. The number of hydrogen-bond acceptors (Lipinski definition) is 4. The van der Waals surface area contributed by atoms with Crippen molar-refractivity contribution >= 4 is 0 Å². The maximum atomic E-state index is 10.0. The number of hydrogen-bond donors (Lipinski definition) is 3. The second-order valence-corrected chi connectivity index (χ2v) is 4.13. The van der Waals surface area contributed by atoms with Crippen molar-refractivity contribution in [3.63, 3.8) is 0 Å². The Morgan fingerprint density at radius 1 is 1.19 bits per heavy atom. The third-order valence-corrected chi connectivity index (χ3v) is 3.19. The van der Waals surface area contributed by atoms with Crippen LogP contribution in [-0.4, -0.2) is 21.3 Å². The van der Waals surface area contributed by atoms with E-state index >= 15 is 0 Å². The average molecular weight is 222 g/mol. The van der Waals surface area contributed by atoms with Gasteiger partial charge in [-0.1, -0.05) is 12.2 Å². The monoisotopic (exact) mass is 222 g/mol. The number of nitrogens with zero attached hydrogens (tertiary/aromatic N) is 1. The van der Waals surface area contributed by atoms with Crippen molar-refractivity contribution in [1.29, 1.82) is 0 Å². The summed E-state index contributed by atoms with van der Waals surface area (Å²) in [4.78, 5) is 0. The lowest BCUT2D eigenvalue weighted by Gasteiger charge is -2.09. The van der Waals surface area contributed by atoms with Gasteiger partial charge in [0.1, 0.15) is 12.2 Å². The standard InChI is InChI=1S/C11H14N2O3/c12-4-1-5-13-10(14)8-6-2-3-7(16-6)9(8)11(13)15/h2-3,6-7,14-15H,1,4-5,12H2. The van der Waals surface area contributed by atoms with Crippen molar-refractivity contribution in [3.8, 4) is 11.8 Å². The van der Waals surface area contributed by atoms with Crippen LogP contribution in [0.3, 0.4) is 0 Å². The van der Waals surface area contributed by atoms with Gasteiger partial charge in [-0.05, 0) is 13.0 Å². The lowest BCUT2D eigenvalue weighted by Crippen LogP contribution is -2.06. The van der Waals surface area contributed by atoms with Gasteiger partial charge in [0.2, 0.25) is 11.8 Å². The maximum absolute atomic E-state index is 10.0. The van der Waals surface area contributed by atoms with Gasteiger partial charge in [-0.25, -0.2) is 0 Å². The Morgan fingerprint density at radius 2 is 1.75 bits per heavy atom. The normalized spacial score (nSPS) is 25.3. The first-order valence-corrected chi connectivity index (χ1v) is 5.42. The average Bonchev–Trinajstić information content (AvgIpc) is 2.92. The molecule has 16 heavy (non-hydrogen) atoms. The van der Waals surface area contributed by atoms with Gasteiger partial charge in [0, 0.05) is 6.54 Å². The first kappa shape index (κ1) is 9.74. The van der Waals surface area contributed by atoms with E-state index in [0.29, 0.717) is 24.2 Å². The quantitative estimate of drug-likeness (QED) is 0.664. The largest absolute Gasteiger partial charge is 0.494 e. The van der Waals surface area contributed by atoms with Crippen LogP contribution in [0, 0.1) is 0 Å². The first-order valence-electron chi connectivity index (χ1n) is 5.42. The zero-order valence-corrected chi connectivity index (χ0v) is 8.76. The molecule has 86 valence electrons. The second kappa shape index (κ2) is 3.26. The Morgan fingerprint density at radius 3 is 2.25 bits per heavy atom. The number of fused-ring (bicyclic) bond motifs is 5. The van der Waals surface area contributed by atoms with Gasteiger partial charge in [0.15, 0.2) is 0 Å². The van der Waals surface area contributed by atoms with Gasteiger partial charge in [0.05, 0.1) is 11.1 Å². The van der Waals surface area contributed by atoms with Crippen molar-refractivity contribution in [3.05, 3.63) is 23.3 Å². The lowest BCUT2D eigenvalue weighted by atomic mass is 10.0. The van der Waals surface area contributed by atoms with Crippen LogP contribution in [0.15, 0.2) is 12.2 Å². The fourth-order valence-corrected chi connectivity index (χ4v) is 2.43. The summed E-state index contributed by atoms with van der Waals surface area (Å²) in [5.74, 6) is 0.218. The molecule has 5 heteroatoms. The Bertz CT molecular complexity index is 429. The summed E-state index contributed by atoms with van der Waals surface area (Å²) < 4.78 is 7.04. The van der Waals surface area contributed by atoms with Crippen LogP contribution in [-0.2, 0) is 11.3 Å². The molecule has 2 aliphatic rings. The van der Waals surface area contributed by atoms with Gasteiger partial charge in [0.25, 0.3) is 0 Å². The van der Waals surface area contributed by atoms with E-state index in [1.165, 1.54) is 4.57 Å². The highest BCUT2D eigenvalue weighted by Gasteiger charge is 2.41. The molecule has 0 aromatic carbocycles. The minimum atomic E-state index is -0.204. The lowest BCUT2D eigenvalue weighted by molar-refractivity contribution is 0.0837. The number of nitrogens with two attached hydrogens (primary N) is 1. The molecule has 0 aliphatic carbocycles. The third-order valence-electron chi connectivity index (χ3n) is 3.19. The smallest absolute Gasteiger partial charge is 0.200 e. The highest BCUT2D eigenvalue weighted by molar-refractivity contribution is 5.55. The van der Waals surface area contributed by atoms with Crippen molar-refractivity contribution in [2.24, 2.45) is 5.73 Å². The van der Waals surface area contributed by atoms with Gasteiger partial charge >= 0.3 is 0 Å². The van der Waals surface area contributed by atoms with Crippen LogP contribution in [0.25, 0.3) is 0 Å². The van der Waals surface area contributed by atoms with Gasteiger partial charge in [-0.3, -0.25) is 4.57 Å².